The Bertz CT molecular complexity index is 662. The van der Waals surface area contributed by atoms with Gasteiger partial charge in [-0.15, -0.1) is 0 Å². The number of nitrogens with zero attached hydrogens (tertiary/aromatic N) is 3. The molecule has 2 aromatic rings. The zero-order valence-electron chi connectivity index (χ0n) is 12.0. The van der Waals surface area contributed by atoms with Crippen LogP contribution in [0.2, 0.25) is 0 Å². The molecular formula is C14H18N4O2S. The maximum absolute atomic E-state index is 12.3. The molecule has 0 fully saturated rings. The fourth-order valence-electron chi connectivity index (χ4n) is 1.81. The van der Waals surface area contributed by atoms with Crippen molar-refractivity contribution in [2.24, 2.45) is 0 Å². The Hall–Kier alpha value is -1.83. The van der Waals surface area contributed by atoms with Gasteiger partial charge < -0.3 is 0 Å². The summed E-state index contributed by atoms with van der Waals surface area (Å²) in [5, 5.41) is 0. The van der Waals surface area contributed by atoms with Gasteiger partial charge in [-0.2, -0.15) is 17.4 Å². The first-order valence-corrected chi connectivity index (χ1v) is 7.97. The highest BCUT2D eigenvalue weighted by Gasteiger charge is 2.24. The van der Waals surface area contributed by atoms with Crippen molar-refractivity contribution in [2.75, 3.05) is 7.05 Å². The summed E-state index contributed by atoms with van der Waals surface area (Å²) in [6.45, 7) is 2.04. The average Bonchev–Trinajstić information content (AvgIpc) is 2.53. The Balaban J connectivity index is 2.05. The van der Waals surface area contributed by atoms with Gasteiger partial charge in [0.05, 0.1) is 11.7 Å². The predicted octanol–water partition coefficient (Wildman–Crippen LogP) is 1.50. The van der Waals surface area contributed by atoms with E-state index in [4.69, 9.17) is 0 Å². The highest BCUT2D eigenvalue weighted by molar-refractivity contribution is 7.87. The minimum absolute atomic E-state index is 0.254. The second-order valence-corrected chi connectivity index (χ2v) is 6.45. The van der Waals surface area contributed by atoms with Crippen LogP contribution in [0.3, 0.4) is 0 Å². The molecule has 1 heterocycles. The number of hydrogen-bond donors (Lipinski definition) is 1. The number of rotatable bonds is 6. The Morgan fingerprint density at radius 3 is 2.57 bits per heavy atom. The molecule has 0 radical (unpaired) electrons. The molecule has 0 unspecified atom stereocenters. The molecule has 0 aliphatic rings. The molecule has 1 N–H and O–H groups in total. The van der Waals surface area contributed by atoms with E-state index in [0.29, 0.717) is 5.69 Å². The number of nitrogens with one attached hydrogen (secondary N) is 1. The van der Waals surface area contributed by atoms with Crippen molar-refractivity contribution in [1.82, 2.24) is 19.0 Å². The molecule has 112 valence electrons. The van der Waals surface area contributed by atoms with E-state index in [-0.39, 0.29) is 12.6 Å². The molecule has 0 saturated carbocycles. The molecule has 1 atom stereocenters. The molecule has 0 spiro atoms. The maximum atomic E-state index is 12.3. The van der Waals surface area contributed by atoms with Crippen LogP contribution >= 0.6 is 0 Å². The maximum Gasteiger partial charge on any atom is 0.280 e. The first-order valence-electron chi connectivity index (χ1n) is 6.53. The molecule has 6 nitrogen and oxygen atoms in total. The van der Waals surface area contributed by atoms with Crippen LogP contribution in [0.25, 0.3) is 0 Å². The molecule has 7 heteroatoms. The van der Waals surface area contributed by atoms with Gasteiger partial charge in [-0.05, 0) is 18.6 Å². The SMILES string of the molecule is C[C@@H](c1ccncn1)N(C)S(=O)(=O)NCc1ccccc1. The standard InChI is InChI=1S/C14H18N4O2S/c1-12(14-8-9-15-11-16-14)18(2)21(19,20)17-10-13-6-4-3-5-7-13/h3-9,11-12,17H,10H2,1-2H3/t12-/m0/s1. The smallest absolute Gasteiger partial charge is 0.245 e. The lowest BCUT2D eigenvalue weighted by molar-refractivity contribution is 0.384. The minimum atomic E-state index is -3.58. The van der Waals surface area contributed by atoms with Crippen LogP contribution < -0.4 is 4.72 Å². The summed E-state index contributed by atoms with van der Waals surface area (Å²) >= 11 is 0. The van der Waals surface area contributed by atoms with E-state index in [1.807, 2.05) is 30.3 Å². The summed E-state index contributed by atoms with van der Waals surface area (Å²) in [4.78, 5) is 7.92. The Morgan fingerprint density at radius 2 is 1.95 bits per heavy atom. The van der Waals surface area contributed by atoms with Crippen LogP contribution in [0.5, 0.6) is 0 Å². The summed E-state index contributed by atoms with van der Waals surface area (Å²) < 4.78 is 28.4. The molecule has 2 rings (SSSR count). The van der Waals surface area contributed by atoms with Gasteiger partial charge in [-0.1, -0.05) is 30.3 Å². The van der Waals surface area contributed by atoms with Gasteiger partial charge in [0.15, 0.2) is 0 Å². The molecule has 1 aromatic heterocycles. The second kappa shape index (κ2) is 6.75. The first-order chi connectivity index (χ1) is 10.0. The van der Waals surface area contributed by atoms with E-state index < -0.39 is 10.2 Å². The van der Waals surface area contributed by atoms with Crippen molar-refractivity contribution in [3.05, 3.63) is 60.2 Å². The van der Waals surface area contributed by atoms with Crippen LogP contribution in [-0.2, 0) is 16.8 Å². The Morgan fingerprint density at radius 1 is 1.24 bits per heavy atom. The number of benzene rings is 1. The zero-order chi connectivity index (χ0) is 15.3. The largest absolute Gasteiger partial charge is 0.280 e. The molecule has 0 aliphatic heterocycles. The monoisotopic (exact) mass is 306 g/mol. The quantitative estimate of drug-likeness (QED) is 0.877. The molecular weight excluding hydrogens is 288 g/mol. The third-order valence-electron chi connectivity index (χ3n) is 3.26. The van der Waals surface area contributed by atoms with Crippen LogP contribution in [-0.4, -0.2) is 29.7 Å². The zero-order valence-corrected chi connectivity index (χ0v) is 12.8. The molecule has 0 bridgehead atoms. The van der Waals surface area contributed by atoms with Gasteiger partial charge in [0.1, 0.15) is 6.33 Å². The van der Waals surface area contributed by atoms with Crippen molar-refractivity contribution in [2.45, 2.75) is 19.5 Å². The van der Waals surface area contributed by atoms with Crippen LogP contribution in [0, 0.1) is 0 Å². The summed E-state index contributed by atoms with van der Waals surface area (Å²) in [5.41, 5.74) is 1.56. The molecule has 0 aliphatic carbocycles. The molecule has 0 saturated heterocycles. The van der Waals surface area contributed by atoms with Crippen molar-refractivity contribution in [3.63, 3.8) is 0 Å². The van der Waals surface area contributed by atoms with Gasteiger partial charge in [-0.25, -0.2) is 9.97 Å². The van der Waals surface area contributed by atoms with Crippen molar-refractivity contribution in [1.29, 1.82) is 0 Å². The number of aromatic nitrogens is 2. The summed E-state index contributed by atoms with van der Waals surface area (Å²) in [5.74, 6) is 0. The Kier molecular flexibility index (Phi) is 5.00. The Labute approximate surface area is 125 Å². The number of hydrogen-bond acceptors (Lipinski definition) is 4. The van der Waals surface area contributed by atoms with Gasteiger partial charge in [0.25, 0.3) is 10.2 Å². The van der Waals surface area contributed by atoms with Gasteiger partial charge in [0.2, 0.25) is 0 Å². The average molecular weight is 306 g/mol. The van der Waals surface area contributed by atoms with Crippen LogP contribution in [0.4, 0.5) is 0 Å². The fourth-order valence-corrected chi connectivity index (χ4v) is 2.89. The predicted molar refractivity (Wildman–Crippen MR) is 80.4 cm³/mol. The summed E-state index contributed by atoms with van der Waals surface area (Å²) in [6.07, 6.45) is 3.00. The summed E-state index contributed by atoms with van der Waals surface area (Å²) in [7, 11) is -2.06. The van der Waals surface area contributed by atoms with Crippen molar-refractivity contribution in [3.8, 4) is 0 Å². The van der Waals surface area contributed by atoms with E-state index in [9.17, 15) is 8.42 Å². The van der Waals surface area contributed by atoms with E-state index in [2.05, 4.69) is 14.7 Å². The molecule has 21 heavy (non-hydrogen) atoms. The second-order valence-electron chi connectivity index (χ2n) is 4.64. The van der Waals surface area contributed by atoms with Gasteiger partial charge in [0, 0.05) is 19.8 Å². The van der Waals surface area contributed by atoms with Gasteiger partial charge >= 0.3 is 0 Å². The van der Waals surface area contributed by atoms with Crippen molar-refractivity contribution < 1.29 is 8.42 Å². The van der Waals surface area contributed by atoms with E-state index >= 15 is 0 Å². The van der Waals surface area contributed by atoms with E-state index in [0.717, 1.165) is 5.56 Å². The van der Waals surface area contributed by atoms with Crippen molar-refractivity contribution >= 4 is 10.2 Å². The highest BCUT2D eigenvalue weighted by Crippen LogP contribution is 2.18. The molecule has 1 aromatic carbocycles. The first kappa shape index (κ1) is 15.6. The highest BCUT2D eigenvalue weighted by atomic mass is 32.2. The lowest BCUT2D eigenvalue weighted by Gasteiger charge is -2.23. The third kappa shape index (κ3) is 4.07. The van der Waals surface area contributed by atoms with E-state index in [1.54, 1.807) is 19.2 Å². The fraction of sp³-hybridized carbons (Fsp3) is 0.286. The van der Waals surface area contributed by atoms with Crippen LogP contribution in [0.15, 0.2) is 48.9 Å². The van der Waals surface area contributed by atoms with E-state index in [1.165, 1.54) is 17.7 Å². The molecule has 0 amide bonds. The third-order valence-corrected chi connectivity index (χ3v) is 4.84. The normalized spacial score (nSPS) is 13.3. The van der Waals surface area contributed by atoms with Crippen LogP contribution in [0.1, 0.15) is 24.2 Å². The lowest BCUT2D eigenvalue weighted by Crippen LogP contribution is -2.39. The lowest BCUT2D eigenvalue weighted by atomic mass is 10.2. The topological polar surface area (TPSA) is 75.2 Å². The van der Waals surface area contributed by atoms with Gasteiger partial charge in [-0.3, -0.25) is 0 Å². The summed E-state index contributed by atoms with van der Waals surface area (Å²) in [6, 6.07) is 10.7. The minimum Gasteiger partial charge on any atom is -0.245 e.